The second kappa shape index (κ2) is 6.88. The Hall–Kier alpha value is -3.73. The van der Waals surface area contributed by atoms with Crippen LogP contribution in [0.1, 0.15) is 0 Å². The van der Waals surface area contributed by atoms with Gasteiger partial charge in [-0.3, -0.25) is 4.72 Å². The molecule has 0 aliphatic heterocycles. The van der Waals surface area contributed by atoms with Crippen LogP contribution in [-0.4, -0.2) is 33.3 Å². The van der Waals surface area contributed by atoms with Gasteiger partial charge >= 0.3 is 0 Å². The minimum absolute atomic E-state index is 0.0602. The zero-order chi connectivity index (χ0) is 18.7. The van der Waals surface area contributed by atoms with Crippen LogP contribution in [0.4, 0.5) is 5.69 Å². The van der Waals surface area contributed by atoms with Crippen LogP contribution < -0.4 is 9.46 Å². The van der Waals surface area contributed by atoms with Crippen LogP contribution in [0.15, 0.2) is 77.0 Å². The number of benzene rings is 1. The van der Waals surface area contributed by atoms with E-state index in [1.807, 2.05) is 0 Å². The zero-order valence-electron chi connectivity index (χ0n) is 13.6. The predicted octanol–water partition coefficient (Wildman–Crippen LogP) is 2.24. The molecule has 1 aromatic carbocycles. The first-order valence-corrected chi connectivity index (χ1v) is 9.11. The van der Waals surface area contributed by atoms with Crippen molar-refractivity contribution >= 4 is 15.7 Å². The van der Waals surface area contributed by atoms with E-state index in [0.717, 1.165) is 12.5 Å². The standard InChI is InChI=1S/C16H12N6O4S/c23-27(24,14-9-20-25-10-14)21-12-2-4-13(5-3-12)26-16-8-15(17-11-18-16)22-7-1-6-19-22/h1-11,21H. The van der Waals surface area contributed by atoms with Gasteiger partial charge in [0, 0.05) is 24.1 Å². The molecule has 136 valence electrons. The summed E-state index contributed by atoms with van der Waals surface area (Å²) in [4.78, 5) is 8.12. The van der Waals surface area contributed by atoms with Gasteiger partial charge in [-0.15, -0.1) is 0 Å². The lowest BCUT2D eigenvalue weighted by Gasteiger charge is -2.08. The first-order chi connectivity index (χ1) is 13.1. The van der Waals surface area contributed by atoms with Gasteiger partial charge in [-0.25, -0.2) is 23.1 Å². The topological polar surface area (TPSA) is 125 Å². The third-order valence-corrected chi connectivity index (χ3v) is 4.74. The molecular weight excluding hydrogens is 372 g/mol. The Labute approximate surface area is 153 Å². The van der Waals surface area contributed by atoms with Crippen molar-refractivity contribution in [2.24, 2.45) is 0 Å². The Bertz CT molecular complexity index is 1130. The van der Waals surface area contributed by atoms with Crippen LogP contribution in [0.25, 0.3) is 5.82 Å². The summed E-state index contributed by atoms with van der Waals surface area (Å²) in [5, 5.41) is 7.48. The minimum Gasteiger partial charge on any atom is -0.439 e. The van der Waals surface area contributed by atoms with Gasteiger partial charge < -0.3 is 9.26 Å². The Balaban J connectivity index is 1.48. The number of ether oxygens (including phenoxy) is 1. The van der Waals surface area contributed by atoms with E-state index in [1.54, 1.807) is 53.5 Å². The molecule has 0 unspecified atom stereocenters. The molecule has 0 aliphatic rings. The lowest BCUT2D eigenvalue weighted by Crippen LogP contribution is -2.11. The first-order valence-electron chi connectivity index (χ1n) is 7.62. The van der Waals surface area contributed by atoms with Crippen molar-refractivity contribution in [2.75, 3.05) is 4.72 Å². The summed E-state index contributed by atoms with van der Waals surface area (Å²) in [6.07, 6.45) is 6.93. The largest absolute Gasteiger partial charge is 0.439 e. The van der Waals surface area contributed by atoms with E-state index in [-0.39, 0.29) is 4.90 Å². The fourth-order valence-corrected chi connectivity index (χ4v) is 3.08. The van der Waals surface area contributed by atoms with E-state index in [4.69, 9.17) is 4.74 Å². The number of nitrogens with zero attached hydrogens (tertiary/aromatic N) is 5. The van der Waals surface area contributed by atoms with Crippen molar-refractivity contribution in [3.63, 3.8) is 0 Å². The van der Waals surface area contributed by atoms with Crippen LogP contribution in [0.5, 0.6) is 11.6 Å². The van der Waals surface area contributed by atoms with Gasteiger partial charge in [0.25, 0.3) is 10.0 Å². The fraction of sp³-hybridized carbons (Fsp3) is 0. The Kier molecular flexibility index (Phi) is 4.26. The van der Waals surface area contributed by atoms with Crippen LogP contribution >= 0.6 is 0 Å². The van der Waals surface area contributed by atoms with Gasteiger partial charge in [0.05, 0.1) is 6.20 Å². The van der Waals surface area contributed by atoms with E-state index in [0.29, 0.717) is 23.1 Å². The van der Waals surface area contributed by atoms with Crippen molar-refractivity contribution in [3.05, 3.63) is 67.6 Å². The van der Waals surface area contributed by atoms with Crippen molar-refractivity contribution in [1.82, 2.24) is 24.9 Å². The molecule has 0 aliphatic carbocycles. The van der Waals surface area contributed by atoms with Crippen molar-refractivity contribution in [3.8, 4) is 17.4 Å². The van der Waals surface area contributed by atoms with Crippen molar-refractivity contribution < 1.29 is 17.7 Å². The first kappa shape index (κ1) is 16.7. The molecule has 0 saturated heterocycles. The molecule has 3 heterocycles. The number of anilines is 1. The zero-order valence-corrected chi connectivity index (χ0v) is 14.4. The lowest BCUT2D eigenvalue weighted by atomic mass is 10.3. The normalized spacial score (nSPS) is 11.3. The van der Waals surface area contributed by atoms with Gasteiger partial charge in [0.15, 0.2) is 5.82 Å². The molecule has 0 saturated carbocycles. The summed E-state index contributed by atoms with van der Waals surface area (Å²) in [6.45, 7) is 0. The van der Waals surface area contributed by atoms with Gasteiger partial charge in [-0.05, 0) is 30.3 Å². The molecule has 0 spiro atoms. The molecule has 0 bridgehead atoms. The maximum absolute atomic E-state index is 12.1. The highest BCUT2D eigenvalue weighted by atomic mass is 32.2. The van der Waals surface area contributed by atoms with Gasteiger partial charge in [0.1, 0.15) is 23.2 Å². The second-order valence-electron chi connectivity index (χ2n) is 5.26. The minimum atomic E-state index is -3.75. The lowest BCUT2D eigenvalue weighted by molar-refractivity contribution is 0.417. The van der Waals surface area contributed by atoms with Crippen LogP contribution in [-0.2, 0) is 10.0 Å². The molecular formula is C16H12N6O4S. The summed E-state index contributed by atoms with van der Waals surface area (Å²) in [7, 11) is -3.75. The maximum Gasteiger partial charge on any atom is 0.266 e. The molecule has 1 N–H and O–H groups in total. The van der Waals surface area contributed by atoms with Gasteiger partial charge in [-0.1, -0.05) is 5.16 Å². The van der Waals surface area contributed by atoms with E-state index in [9.17, 15) is 8.42 Å². The molecule has 0 atom stereocenters. The summed E-state index contributed by atoms with van der Waals surface area (Å²) in [5.74, 6) is 1.37. The number of rotatable bonds is 6. The number of nitrogens with one attached hydrogen (secondary N) is 1. The third kappa shape index (κ3) is 3.77. The Morgan fingerprint density at radius 2 is 2.00 bits per heavy atom. The number of sulfonamides is 1. The third-order valence-electron chi connectivity index (χ3n) is 3.42. The highest BCUT2D eigenvalue weighted by molar-refractivity contribution is 7.92. The summed E-state index contributed by atoms with van der Waals surface area (Å²) in [5.41, 5.74) is 0.364. The number of hydrogen-bond donors (Lipinski definition) is 1. The summed E-state index contributed by atoms with van der Waals surface area (Å²) < 4.78 is 38.5. The van der Waals surface area contributed by atoms with E-state index in [2.05, 4.69) is 29.5 Å². The monoisotopic (exact) mass is 384 g/mol. The maximum atomic E-state index is 12.1. The highest BCUT2D eigenvalue weighted by Gasteiger charge is 2.16. The average Bonchev–Trinajstić information content (AvgIpc) is 3.38. The molecule has 0 fully saturated rings. The van der Waals surface area contributed by atoms with E-state index < -0.39 is 10.0 Å². The smallest absolute Gasteiger partial charge is 0.266 e. The van der Waals surface area contributed by atoms with E-state index in [1.165, 1.54) is 6.33 Å². The highest BCUT2D eigenvalue weighted by Crippen LogP contribution is 2.23. The fourth-order valence-electron chi connectivity index (χ4n) is 2.17. The number of hydrogen-bond acceptors (Lipinski definition) is 8. The predicted molar refractivity (Wildman–Crippen MR) is 93.0 cm³/mol. The van der Waals surface area contributed by atoms with E-state index >= 15 is 0 Å². The quantitative estimate of drug-likeness (QED) is 0.536. The second-order valence-corrected chi connectivity index (χ2v) is 6.94. The van der Waals surface area contributed by atoms with Crippen molar-refractivity contribution in [1.29, 1.82) is 0 Å². The molecule has 11 heteroatoms. The molecule has 0 amide bonds. The molecule has 0 radical (unpaired) electrons. The number of aromatic nitrogens is 5. The van der Waals surface area contributed by atoms with Crippen molar-refractivity contribution in [2.45, 2.75) is 4.90 Å². The summed E-state index contributed by atoms with van der Waals surface area (Å²) >= 11 is 0. The molecule has 4 aromatic rings. The van der Waals surface area contributed by atoms with Crippen LogP contribution in [0.2, 0.25) is 0 Å². The Morgan fingerprint density at radius 1 is 1.15 bits per heavy atom. The van der Waals surface area contributed by atoms with Gasteiger partial charge in [0.2, 0.25) is 5.88 Å². The van der Waals surface area contributed by atoms with Crippen LogP contribution in [0, 0.1) is 0 Å². The average molecular weight is 384 g/mol. The SMILES string of the molecule is O=S(=O)(Nc1ccc(Oc2cc(-n3cccn3)ncn2)cc1)c1cnoc1. The molecule has 4 rings (SSSR count). The molecule has 10 nitrogen and oxygen atoms in total. The Morgan fingerprint density at radius 3 is 2.70 bits per heavy atom. The molecule has 27 heavy (non-hydrogen) atoms. The van der Waals surface area contributed by atoms with Gasteiger partial charge in [-0.2, -0.15) is 5.10 Å². The van der Waals surface area contributed by atoms with Crippen LogP contribution in [0.3, 0.4) is 0 Å². The molecule has 3 aromatic heterocycles. The summed E-state index contributed by atoms with van der Waals surface area (Å²) in [6, 6.07) is 9.77.